The lowest BCUT2D eigenvalue weighted by molar-refractivity contribution is 0.0463. The van der Waals surface area contributed by atoms with Crippen LogP contribution in [0.25, 0.3) is 0 Å². The normalized spacial score (nSPS) is 11.3. The molecule has 0 radical (unpaired) electrons. The van der Waals surface area contributed by atoms with Crippen LogP contribution in [0.3, 0.4) is 0 Å². The van der Waals surface area contributed by atoms with Gasteiger partial charge in [-0.25, -0.2) is 26.7 Å². The number of rotatable bonds is 5. The van der Waals surface area contributed by atoms with Crippen LogP contribution in [0.15, 0.2) is 41.3 Å². The third-order valence-electron chi connectivity index (χ3n) is 3.15. The summed E-state index contributed by atoms with van der Waals surface area (Å²) in [4.78, 5) is 11.7. The van der Waals surface area contributed by atoms with Crippen molar-refractivity contribution in [1.82, 2.24) is 4.72 Å². The van der Waals surface area contributed by atoms with Crippen LogP contribution in [0.4, 0.5) is 8.78 Å². The topological polar surface area (TPSA) is 72.5 Å². The molecule has 0 saturated heterocycles. The van der Waals surface area contributed by atoms with Gasteiger partial charge in [0.25, 0.3) is 0 Å². The number of esters is 1. The molecule has 0 saturated carbocycles. The molecule has 0 aromatic heterocycles. The quantitative estimate of drug-likeness (QED) is 0.816. The van der Waals surface area contributed by atoms with Gasteiger partial charge in [-0.05, 0) is 37.4 Å². The Kier molecular flexibility index (Phi) is 5.53. The van der Waals surface area contributed by atoms with Gasteiger partial charge in [0, 0.05) is 5.56 Å². The Hall–Kier alpha value is -2.03. The third kappa shape index (κ3) is 3.89. The fourth-order valence-electron chi connectivity index (χ4n) is 1.83. The van der Waals surface area contributed by atoms with E-state index >= 15 is 0 Å². The first-order valence-corrected chi connectivity index (χ1v) is 8.45. The molecule has 0 atom stereocenters. The molecule has 24 heavy (non-hydrogen) atoms. The van der Waals surface area contributed by atoms with Crippen LogP contribution < -0.4 is 4.72 Å². The Bertz CT molecular complexity index is 867. The number of carbonyl (C=O) groups excluding carboxylic acids is 1. The summed E-state index contributed by atoms with van der Waals surface area (Å²) in [7, 11) is -2.68. The molecular formula is C15H12ClF2NO4S. The molecule has 2 aromatic rings. The van der Waals surface area contributed by atoms with Gasteiger partial charge >= 0.3 is 5.97 Å². The van der Waals surface area contributed by atoms with Crippen LogP contribution in [0.5, 0.6) is 0 Å². The monoisotopic (exact) mass is 375 g/mol. The zero-order chi connectivity index (χ0) is 17.9. The van der Waals surface area contributed by atoms with Gasteiger partial charge in [-0.3, -0.25) is 0 Å². The van der Waals surface area contributed by atoms with Crippen molar-refractivity contribution in [2.45, 2.75) is 11.5 Å². The highest BCUT2D eigenvalue weighted by molar-refractivity contribution is 7.89. The third-order valence-corrected chi connectivity index (χ3v) is 4.91. The molecule has 0 amide bonds. The van der Waals surface area contributed by atoms with Crippen molar-refractivity contribution in [3.63, 3.8) is 0 Å². The molecule has 0 unspecified atom stereocenters. The minimum absolute atomic E-state index is 0.0507. The van der Waals surface area contributed by atoms with E-state index in [1.807, 2.05) is 4.72 Å². The molecule has 0 aliphatic rings. The number of hydrogen-bond donors (Lipinski definition) is 1. The molecule has 2 rings (SSSR count). The van der Waals surface area contributed by atoms with E-state index in [1.165, 1.54) is 19.2 Å². The summed E-state index contributed by atoms with van der Waals surface area (Å²) in [6.07, 6.45) is 0. The van der Waals surface area contributed by atoms with Crippen molar-refractivity contribution in [3.8, 4) is 0 Å². The number of ether oxygens (including phenoxy) is 1. The summed E-state index contributed by atoms with van der Waals surface area (Å²) in [6, 6.07) is 6.61. The Balaban J connectivity index is 2.26. The summed E-state index contributed by atoms with van der Waals surface area (Å²) >= 11 is 5.80. The zero-order valence-electron chi connectivity index (χ0n) is 12.3. The summed E-state index contributed by atoms with van der Waals surface area (Å²) < 4.78 is 57.7. The van der Waals surface area contributed by atoms with Crippen molar-refractivity contribution >= 4 is 27.6 Å². The average Bonchev–Trinajstić information content (AvgIpc) is 2.54. The second-order valence-corrected chi connectivity index (χ2v) is 6.92. The Morgan fingerprint density at radius 2 is 1.92 bits per heavy atom. The minimum atomic E-state index is -3.86. The van der Waals surface area contributed by atoms with Crippen molar-refractivity contribution < 1.29 is 26.7 Å². The molecule has 0 aliphatic carbocycles. The summed E-state index contributed by atoms with van der Waals surface area (Å²) in [5, 5.41) is 0.0507. The molecule has 0 aliphatic heterocycles. The molecule has 9 heteroatoms. The molecule has 5 nitrogen and oxygen atoms in total. The van der Waals surface area contributed by atoms with Gasteiger partial charge in [0.05, 0.1) is 15.5 Å². The lowest BCUT2D eigenvalue weighted by Crippen LogP contribution is -2.19. The summed E-state index contributed by atoms with van der Waals surface area (Å²) in [5.41, 5.74) is -0.647. The number of carbonyl (C=O) groups is 1. The van der Waals surface area contributed by atoms with Crippen LogP contribution in [-0.2, 0) is 21.4 Å². The Labute approximate surface area is 142 Å². The maximum atomic E-state index is 13.8. The number of hydrogen-bond acceptors (Lipinski definition) is 4. The van der Waals surface area contributed by atoms with Crippen LogP contribution in [0.2, 0.25) is 5.02 Å². The molecule has 0 spiro atoms. The molecular weight excluding hydrogens is 364 g/mol. The molecule has 0 heterocycles. The largest absolute Gasteiger partial charge is 0.457 e. The first-order valence-electron chi connectivity index (χ1n) is 6.59. The van der Waals surface area contributed by atoms with E-state index < -0.39 is 39.8 Å². The Morgan fingerprint density at radius 3 is 2.54 bits per heavy atom. The highest BCUT2D eigenvalue weighted by Crippen LogP contribution is 2.21. The maximum absolute atomic E-state index is 13.8. The van der Waals surface area contributed by atoms with E-state index in [0.717, 1.165) is 24.3 Å². The summed E-state index contributed by atoms with van der Waals surface area (Å²) in [5.74, 6) is -2.78. The van der Waals surface area contributed by atoms with Crippen LogP contribution in [0, 0.1) is 11.6 Å². The van der Waals surface area contributed by atoms with Crippen molar-refractivity contribution in [2.24, 2.45) is 0 Å². The van der Waals surface area contributed by atoms with Gasteiger partial charge in [-0.15, -0.1) is 0 Å². The SMILES string of the molecule is CNS(=O)(=O)c1ccc(F)c(C(=O)OCc2c(F)cccc2Cl)c1. The molecule has 128 valence electrons. The van der Waals surface area contributed by atoms with Crippen molar-refractivity contribution in [1.29, 1.82) is 0 Å². The highest BCUT2D eigenvalue weighted by atomic mass is 35.5. The summed E-state index contributed by atoms with van der Waals surface area (Å²) in [6.45, 7) is -0.521. The zero-order valence-corrected chi connectivity index (χ0v) is 13.9. The minimum Gasteiger partial charge on any atom is -0.457 e. The predicted molar refractivity (Wildman–Crippen MR) is 83.2 cm³/mol. The lowest BCUT2D eigenvalue weighted by atomic mass is 10.2. The van der Waals surface area contributed by atoms with Gasteiger partial charge in [0.2, 0.25) is 10.0 Å². The fraction of sp³-hybridized carbons (Fsp3) is 0.133. The number of halogens is 3. The first kappa shape index (κ1) is 18.3. The van der Waals surface area contributed by atoms with E-state index in [1.54, 1.807) is 0 Å². The smallest absolute Gasteiger partial charge is 0.341 e. The molecule has 0 bridgehead atoms. The van der Waals surface area contributed by atoms with E-state index in [2.05, 4.69) is 0 Å². The van der Waals surface area contributed by atoms with E-state index in [0.29, 0.717) is 0 Å². The fourth-order valence-corrected chi connectivity index (χ4v) is 2.80. The predicted octanol–water partition coefficient (Wildman–Crippen LogP) is 2.88. The van der Waals surface area contributed by atoms with Gasteiger partial charge in [-0.2, -0.15) is 0 Å². The standard InChI is InChI=1S/C15H12ClF2NO4S/c1-19-24(21,22)9-5-6-14(18)10(7-9)15(20)23-8-11-12(16)3-2-4-13(11)17/h2-7,19H,8H2,1H3. The molecule has 0 fully saturated rings. The molecule has 2 aromatic carbocycles. The lowest BCUT2D eigenvalue weighted by Gasteiger charge is -2.09. The van der Waals surface area contributed by atoms with Crippen LogP contribution in [0.1, 0.15) is 15.9 Å². The first-order chi connectivity index (χ1) is 11.3. The Morgan fingerprint density at radius 1 is 1.21 bits per heavy atom. The number of nitrogens with one attached hydrogen (secondary N) is 1. The van der Waals surface area contributed by atoms with E-state index in [-0.39, 0.29) is 15.5 Å². The van der Waals surface area contributed by atoms with E-state index in [9.17, 15) is 22.0 Å². The van der Waals surface area contributed by atoms with E-state index in [4.69, 9.17) is 16.3 Å². The maximum Gasteiger partial charge on any atom is 0.341 e. The van der Waals surface area contributed by atoms with Gasteiger partial charge < -0.3 is 4.74 Å². The van der Waals surface area contributed by atoms with Crippen molar-refractivity contribution in [2.75, 3.05) is 7.05 Å². The number of benzene rings is 2. The van der Waals surface area contributed by atoms with Gasteiger partial charge in [0.1, 0.15) is 18.2 Å². The second kappa shape index (κ2) is 7.25. The number of sulfonamides is 1. The molecule has 1 N–H and O–H groups in total. The van der Waals surface area contributed by atoms with Crippen LogP contribution >= 0.6 is 11.6 Å². The second-order valence-electron chi connectivity index (χ2n) is 4.63. The van der Waals surface area contributed by atoms with Gasteiger partial charge in [0.15, 0.2) is 0 Å². The average molecular weight is 376 g/mol. The van der Waals surface area contributed by atoms with Crippen molar-refractivity contribution in [3.05, 3.63) is 64.2 Å². The highest BCUT2D eigenvalue weighted by Gasteiger charge is 2.20. The van der Waals surface area contributed by atoms with Gasteiger partial charge in [-0.1, -0.05) is 17.7 Å². The van der Waals surface area contributed by atoms with Crippen LogP contribution in [-0.4, -0.2) is 21.4 Å².